The Hall–Kier alpha value is -1.30. The van der Waals surface area contributed by atoms with Crippen LogP contribution in [0.5, 0.6) is 0 Å². The van der Waals surface area contributed by atoms with Crippen LogP contribution in [0.2, 0.25) is 0 Å². The van der Waals surface area contributed by atoms with Crippen molar-refractivity contribution in [3.05, 3.63) is 0 Å². The predicted octanol–water partition coefficient (Wildman–Crippen LogP) is -0.502. The Morgan fingerprint density at radius 3 is 2.43 bits per heavy atom. The second-order valence-corrected chi connectivity index (χ2v) is 3.16. The molecule has 0 saturated heterocycles. The highest BCUT2D eigenvalue weighted by Gasteiger charge is 2.32. The van der Waals surface area contributed by atoms with E-state index in [1.54, 1.807) is 6.92 Å². The van der Waals surface area contributed by atoms with Crippen LogP contribution in [0.15, 0.2) is 0 Å². The Balaban J connectivity index is 4.18. The van der Waals surface area contributed by atoms with E-state index in [1.807, 2.05) is 0 Å². The van der Waals surface area contributed by atoms with Crippen LogP contribution in [0.4, 0.5) is 4.79 Å². The van der Waals surface area contributed by atoms with Crippen molar-refractivity contribution in [2.75, 3.05) is 13.1 Å². The van der Waals surface area contributed by atoms with Gasteiger partial charge in [-0.05, 0) is 13.3 Å². The molecule has 0 aliphatic heterocycles. The molecule has 14 heavy (non-hydrogen) atoms. The molecule has 1 unspecified atom stereocenters. The van der Waals surface area contributed by atoms with Crippen molar-refractivity contribution in [2.24, 2.45) is 5.73 Å². The molecule has 6 heteroatoms. The Bertz CT molecular complexity index is 220. The first-order chi connectivity index (χ1) is 6.46. The minimum atomic E-state index is -1.22. The molecule has 0 aliphatic rings. The number of rotatable bonds is 5. The molecule has 0 fully saturated rings. The number of carbonyl (C=O) groups is 2. The summed E-state index contributed by atoms with van der Waals surface area (Å²) < 4.78 is 0. The summed E-state index contributed by atoms with van der Waals surface area (Å²) in [6, 6.07) is -0.512. The van der Waals surface area contributed by atoms with Gasteiger partial charge in [0, 0.05) is 13.1 Å². The Labute approximate surface area is 82.9 Å². The monoisotopic (exact) mass is 203 g/mol. The molecule has 2 amide bonds. The highest BCUT2D eigenvalue weighted by molar-refractivity contribution is 5.85. The second kappa shape index (κ2) is 5.43. The summed E-state index contributed by atoms with van der Waals surface area (Å²) in [5.74, 6) is -1.05. The summed E-state index contributed by atoms with van der Waals surface area (Å²) in [6.07, 6.45) is 0.318. The van der Waals surface area contributed by atoms with E-state index in [0.29, 0.717) is 19.5 Å². The fraction of sp³-hybridized carbons (Fsp3) is 0.750. The van der Waals surface area contributed by atoms with Gasteiger partial charge in [-0.3, -0.25) is 0 Å². The van der Waals surface area contributed by atoms with Crippen LogP contribution >= 0.6 is 0 Å². The van der Waals surface area contributed by atoms with Gasteiger partial charge >= 0.3 is 12.0 Å². The minimum absolute atomic E-state index is 0.318. The molecule has 6 nitrogen and oxygen atoms in total. The zero-order valence-corrected chi connectivity index (χ0v) is 8.46. The first-order valence-electron chi connectivity index (χ1n) is 4.45. The van der Waals surface area contributed by atoms with Crippen molar-refractivity contribution < 1.29 is 14.7 Å². The highest BCUT2D eigenvalue weighted by atomic mass is 16.4. The fourth-order valence-corrected chi connectivity index (χ4v) is 0.774. The van der Waals surface area contributed by atoms with Crippen molar-refractivity contribution in [1.29, 1.82) is 0 Å². The lowest BCUT2D eigenvalue weighted by Crippen LogP contribution is -2.55. The normalized spacial score (nSPS) is 14.2. The molecule has 0 aromatic rings. The van der Waals surface area contributed by atoms with Crippen LogP contribution in [-0.4, -0.2) is 35.7 Å². The smallest absolute Gasteiger partial charge is 0.329 e. The Morgan fingerprint density at radius 2 is 2.07 bits per heavy atom. The van der Waals surface area contributed by atoms with Crippen molar-refractivity contribution in [1.82, 2.24) is 10.6 Å². The molecular weight excluding hydrogens is 186 g/mol. The third-order valence-corrected chi connectivity index (χ3v) is 2.00. The highest BCUT2D eigenvalue weighted by Crippen LogP contribution is 2.08. The molecule has 82 valence electrons. The first kappa shape index (κ1) is 12.7. The van der Waals surface area contributed by atoms with Gasteiger partial charge in [-0.2, -0.15) is 0 Å². The van der Waals surface area contributed by atoms with Crippen LogP contribution < -0.4 is 16.4 Å². The maximum atomic E-state index is 11.1. The van der Waals surface area contributed by atoms with Gasteiger partial charge in [-0.1, -0.05) is 6.92 Å². The minimum Gasteiger partial charge on any atom is -0.480 e. The van der Waals surface area contributed by atoms with Crippen LogP contribution in [-0.2, 0) is 4.79 Å². The van der Waals surface area contributed by atoms with Gasteiger partial charge in [-0.15, -0.1) is 0 Å². The second-order valence-electron chi connectivity index (χ2n) is 3.16. The molecule has 0 aliphatic carbocycles. The number of amides is 2. The van der Waals surface area contributed by atoms with E-state index in [4.69, 9.17) is 10.8 Å². The number of urea groups is 1. The van der Waals surface area contributed by atoms with Crippen LogP contribution in [0.3, 0.4) is 0 Å². The lowest BCUT2D eigenvalue weighted by molar-refractivity contribution is -0.143. The first-order valence-corrected chi connectivity index (χ1v) is 4.45. The maximum absolute atomic E-state index is 11.1. The molecule has 0 aromatic heterocycles. The van der Waals surface area contributed by atoms with Crippen molar-refractivity contribution in [3.8, 4) is 0 Å². The molecule has 1 atom stereocenters. The van der Waals surface area contributed by atoms with Gasteiger partial charge in [-0.25, -0.2) is 9.59 Å². The SMILES string of the molecule is CCC(C)(NC(=O)NCCN)C(=O)O. The van der Waals surface area contributed by atoms with Crippen molar-refractivity contribution >= 4 is 12.0 Å². The number of hydrogen-bond donors (Lipinski definition) is 4. The number of carboxylic acid groups (broad SMARTS) is 1. The van der Waals surface area contributed by atoms with Crippen molar-refractivity contribution in [2.45, 2.75) is 25.8 Å². The lowest BCUT2D eigenvalue weighted by atomic mass is 10.00. The van der Waals surface area contributed by atoms with E-state index in [-0.39, 0.29) is 0 Å². The van der Waals surface area contributed by atoms with E-state index >= 15 is 0 Å². The average molecular weight is 203 g/mol. The topological polar surface area (TPSA) is 104 Å². The average Bonchev–Trinajstić information content (AvgIpc) is 2.14. The molecule has 0 rings (SSSR count). The van der Waals surface area contributed by atoms with Gasteiger partial charge < -0.3 is 21.5 Å². The van der Waals surface area contributed by atoms with Gasteiger partial charge in [0.05, 0.1) is 0 Å². The lowest BCUT2D eigenvalue weighted by Gasteiger charge is -2.24. The Morgan fingerprint density at radius 1 is 1.50 bits per heavy atom. The predicted molar refractivity (Wildman–Crippen MR) is 51.9 cm³/mol. The third kappa shape index (κ3) is 3.61. The molecule has 0 aromatic carbocycles. The summed E-state index contributed by atoms with van der Waals surface area (Å²) in [5.41, 5.74) is 3.95. The molecule has 0 heterocycles. The Kier molecular flexibility index (Phi) is 4.93. The standard InChI is InChI=1S/C8H17N3O3/c1-3-8(2,6(12)13)11-7(14)10-5-4-9/h3-5,9H2,1-2H3,(H,12,13)(H2,10,11,14). The quantitative estimate of drug-likeness (QED) is 0.483. The molecule has 0 bridgehead atoms. The molecular formula is C8H17N3O3. The number of hydrogen-bond acceptors (Lipinski definition) is 3. The van der Waals surface area contributed by atoms with E-state index < -0.39 is 17.5 Å². The van der Waals surface area contributed by atoms with Crippen LogP contribution in [0.1, 0.15) is 20.3 Å². The maximum Gasteiger partial charge on any atom is 0.329 e. The zero-order chi connectivity index (χ0) is 11.2. The largest absolute Gasteiger partial charge is 0.480 e. The van der Waals surface area contributed by atoms with E-state index in [9.17, 15) is 9.59 Å². The van der Waals surface area contributed by atoms with Gasteiger partial charge in [0.25, 0.3) is 0 Å². The van der Waals surface area contributed by atoms with Gasteiger partial charge in [0.1, 0.15) is 5.54 Å². The molecule has 0 spiro atoms. The molecule has 0 saturated carbocycles. The number of aliphatic carboxylic acids is 1. The zero-order valence-electron chi connectivity index (χ0n) is 8.46. The van der Waals surface area contributed by atoms with Gasteiger partial charge in [0.15, 0.2) is 0 Å². The summed E-state index contributed by atoms with van der Waals surface area (Å²) >= 11 is 0. The van der Waals surface area contributed by atoms with E-state index in [2.05, 4.69) is 10.6 Å². The fourth-order valence-electron chi connectivity index (χ4n) is 0.774. The van der Waals surface area contributed by atoms with Gasteiger partial charge in [0.2, 0.25) is 0 Å². The van der Waals surface area contributed by atoms with Crippen LogP contribution in [0, 0.1) is 0 Å². The summed E-state index contributed by atoms with van der Waals surface area (Å²) in [4.78, 5) is 21.9. The third-order valence-electron chi connectivity index (χ3n) is 2.00. The molecule has 5 N–H and O–H groups in total. The molecule has 0 radical (unpaired) electrons. The van der Waals surface area contributed by atoms with Crippen LogP contribution in [0.25, 0.3) is 0 Å². The summed E-state index contributed by atoms with van der Waals surface area (Å²) in [6.45, 7) is 3.79. The van der Waals surface area contributed by atoms with E-state index in [1.165, 1.54) is 6.92 Å². The number of nitrogens with two attached hydrogens (primary N) is 1. The number of carbonyl (C=O) groups excluding carboxylic acids is 1. The van der Waals surface area contributed by atoms with E-state index in [0.717, 1.165) is 0 Å². The van der Waals surface area contributed by atoms with Crippen molar-refractivity contribution in [3.63, 3.8) is 0 Å². The number of nitrogens with one attached hydrogen (secondary N) is 2. The summed E-state index contributed by atoms with van der Waals surface area (Å²) in [5, 5.41) is 13.7. The summed E-state index contributed by atoms with van der Waals surface area (Å²) in [7, 11) is 0. The number of carboxylic acids is 1.